The SMILES string of the molecule is Cc1nn(C)cc1S(=O)(=O)Nc1cc(Cl)ccc1O. The van der Waals surface area contributed by atoms with E-state index in [1.54, 1.807) is 14.0 Å². The first-order chi connectivity index (χ1) is 8.79. The molecule has 0 aliphatic heterocycles. The molecule has 0 saturated heterocycles. The molecule has 0 unspecified atom stereocenters. The molecule has 1 aromatic carbocycles. The fourth-order valence-corrected chi connectivity index (χ4v) is 3.09. The van der Waals surface area contributed by atoms with Crippen LogP contribution in [0.4, 0.5) is 5.69 Å². The van der Waals surface area contributed by atoms with Crippen LogP contribution in [0.15, 0.2) is 29.3 Å². The van der Waals surface area contributed by atoms with E-state index in [9.17, 15) is 13.5 Å². The van der Waals surface area contributed by atoms with E-state index < -0.39 is 10.0 Å². The second kappa shape index (κ2) is 4.75. The summed E-state index contributed by atoms with van der Waals surface area (Å²) in [6.45, 7) is 1.59. The molecule has 0 spiro atoms. The minimum Gasteiger partial charge on any atom is -0.506 e. The van der Waals surface area contributed by atoms with Crippen molar-refractivity contribution in [3.8, 4) is 5.75 Å². The highest BCUT2D eigenvalue weighted by Crippen LogP contribution is 2.29. The van der Waals surface area contributed by atoms with E-state index in [0.29, 0.717) is 10.7 Å². The average molecular weight is 302 g/mol. The maximum Gasteiger partial charge on any atom is 0.265 e. The summed E-state index contributed by atoms with van der Waals surface area (Å²) < 4.78 is 28.0. The highest BCUT2D eigenvalue weighted by atomic mass is 35.5. The van der Waals surface area contributed by atoms with Gasteiger partial charge in [-0.3, -0.25) is 9.40 Å². The molecule has 1 heterocycles. The van der Waals surface area contributed by atoms with Crippen molar-refractivity contribution in [2.24, 2.45) is 7.05 Å². The van der Waals surface area contributed by atoms with Crippen molar-refractivity contribution < 1.29 is 13.5 Å². The Bertz CT molecular complexity index is 725. The Kier molecular flexibility index (Phi) is 3.42. The first kappa shape index (κ1) is 13.7. The van der Waals surface area contributed by atoms with Gasteiger partial charge in [0.2, 0.25) is 0 Å². The van der Waals surface area contributed by atoms with Gasteiger partial charge in [-0.05, 0) is 25.1 Å². The van der Waals surface area contributed by atoms with Crippen LogP contribution in [0.2, 0.25) is 5.02 Å². The van der Waals surface area contributed by atoms with Gasteiger partial charge in [0.25, 0.3) is 10.0 Å². The summed E-state index contributed by atoms with van der Waals surface area (Å²) >= 11 is 5.76. The largest absolute Gasteiger partial charge is 0.506 e. The molecule has 6 nitrogen and oxygen atoms in total. The normalized spacial score (nSPS) is 11.5. The van der Waals surface area contributed by atoms with Gasteiger partial charge in [-0.2, -0.15) is 5.10 Å². The molecule has 19 heavy (non-hydrogen) atoms. The molecule has 0 aliphatic rings. The van der Waals surface area contributed by atoms with E-state index in [4.69, 9.17) is 11.6 Å². The number of phenolic OH excluding ortho intramolecular Hbond substituents is 1. The molecule has 0 atom stereocenters. The third-order valence-corrected chi connectivity index (χ3v) is 4.16. The number of hydrogen-bond donors (Lipinski definition) is 2. The number of halogens is 1. The van der Waals surface area contributed by atoms with Gasteiger partial charge in [0.05, 0.1) is 11.4 Å². The first-order valence-corrected chi connectivity index (χ1v) is 7.17. The predicted octanol–water partition coefficient (Wildman–Crippen LogP) is 1.89. The van der Waals surface area contributed by atoms with Gasteiger partial charge in [-0.15, -0.1) is 0 Å². The molecule has 2 N–H and O–H groups in total. The van der Waals surface area contributed by atoms with Gasteiger partial charge in [0.1, 0.15) is 10.6 Å². The lowest BCUT2D eigenvalue weighted by atomic mass is 10.3. The monoisotopic (exact) mass is 301 g/mol. The summed E-state index contributed by atoms with van der Waals surface area (Å²) in [6, 6.07) is 4.11. The number of nitrogens with zero attached hydrogens (tertiary/aromatic N) is 2. The number of phenols is 1. The van der Waals surface area contributed by atoms with Gasteiger partial charge in [0.15, 0.2) is 0 Å². The first-order valence-electron chi connectivity index (χ1n) is 5.31. The molecule has 102 valence electrons. The molecule has 2 aromatic rings. The molecule has 1 aromatic heterocycles. The van der Waals surface area contributed by atoms with Gasteiger partial charge in [0, 0.05) is 18.3 Å². The lowest BCUT2D eigenvalue weighted by Crippen LogP contribution is -2.13. The number of nitrogens with one attached hydrogen (secondary N) is 1. The Morgan fingerprint density at radius 2 is 2.11 bits per heavy atom. The van der Waals surface area contributed by atoms with Crippen LogP contribution in [-0.2, 0) is 17.1 Å². The molecule has 0 saturated carbocycles. The van der Waals surface area contributed by atoms with Crippen LogP contribution in [0.3, 0.4) is 0 Å². The average Bonchev–Trinajstić information content (AvgIpc) is 2.63. The smallest absolute Gasteiger partial charge is 0.265 e. The van der Waals surface area contributed by atoms with Crippen molar-refractivity contribution in [1.29, 1.82) is 0 Å². The minimum atomic E-state index is -3.81. The third kappa shape index (κ3) is 2.82. The number of aromatic nitrogens is 2. The Balaban J connectivity index is 2.42. The van der Waals surface area contributed by atoms with E-state index in [0.717, 1.165) is 0 Å². The van der Waals surface area contributed by atoms with Crippen molar-refractivity contribution in [2.75, 3.05) is 4.72 Å². The Morgan fingerprint density at radius 3 is 2.68 bits per heavy atom. The number of aromatic hydroxyl groups is 1. The van der Waals surface area contributed by atoms with Crippen molar-refractivity contribution in [1.82, 2.24) is 9.78 Å². The third-order valence-electron chi connectivity index (χ3n) is 2.46. The number of hydrogen-bond acceptors (Lipinski definition) is 4. The Morgan fingerprint density at radius 1 is 1.42 bits per heavy atom. The summed E-state index contributed by atoms with van der Waals surface area (Å²) in [5.74, 6) is -0.200. The summed E-state index contributed by atoms with van der Waals surface area (Å²) in [4.78, 5) is 0.0503. The van der Waals surface area contributed by atoms with Crippen molar-refractivity contribution >= 4 is 27.3 Å². The van der Waals surface area contributed by atoms with Crippen LogP contribution in [0.5, 0.6) is 5.75 Å². The van der Waals surface area contributed by atoms with E-state index in [2.05, 4.69) is 9.82 Å². The predicted molar refractivity (Wildman–Crippen MR) is 71.9 cm³/mol. The van der Waals surface area contributed by atoms with Crippen molar-refractivity contribution in [2.45, 2.75) is 11.8 Å². The number of aryl methyl sites for hydroxylation is 2. The Hall–Kier alpha value is -1.73. The zero-order chi connectivity index (χ0) is 14.2. The molecule has 8 heteroatoms. The summed E-state index contributed by atoms with van der Waals surface area (Å²) in [7, 11) is -2.19. The van der Waals surface area contributed by atoms with Crippen molar-refractivity contribution in [3.63, 3.8) is 0 Å². The van der Waals surface area contributed by atoms with E-state index in [-0.39, 0.29) is 16.3 Å². The fourth-order valence-electron chi connectivity index (χ4n) is 1.63. The lowest BCUT2D eigenvalue weighted by Gasteiger charge is -2.09. The molecule has 0 radical (unpaired) electrons. The van der Waals surface area contributed by atoms with Gasteiger partial charge in [-0.1, -0.05) is 11.6 Å². The fraction of sp³-hybridized carbons (Fsp3) is 0.182. The Labute approximate surface area is 115 Å². The molecule has 0 aliphatic carbocycles. The van der Waals surface area contributed by atoms with E-state index in [1.165, 1.54) is 29.1 Å². The number of anilines is 1. The quantitative estimate of drug-likeness (QED) is 0.848. The van der Waals surface area contributed by atoms with E-state index in [1.807, 2.05) is 0 Å². The van der Waals surface area contributed by atoms with Gasteiger partial charge >= 0.3 is 0 Å². The molecule has 0 fully saturated rings. The summed E-state index contributed by atoms with van der Waals surface area (Å²) in [5.41, 5.74) is 0.396. The van der Waals surface area contributed by atoms with Crippen LogP contribution in [-0.4, -0.2) is 23.3 Å². The van der Waals surface area contributed by atoms with Crippen molar-refractivity contribution in [3.05, 3.63) is 35.1 Å². The molecular formula is C11H12ClN3O3S. The molecule has 2 rings (SSSR count). The van der Waals surface area contributed by atoms with Gasteiger partial charge in [-0.25, -0.2) is 8.42 Å². The van der Waals surface area contributed by atoms with Crippen LogP contribution in [0.25, 0.3) is 0 Å². The maximum absolute atomic E-state index is 12.2. The summed E-state index contributed by atoms with van der Waals surface area (Å²) in [5, 5.41) is 13.9. The standard InChI is InChI=1S/C11H12ClN3O3S/c1-7-11(6-15(2)13-7)19(17,18)14-9-5-8(12)3-4-10(9)16/h3-6,14,16H,1-2H3. The van der Waals surface area contributed by atoms with Gasteiger partial charge < -0.3 is 5.11 Å². The second-order valence-electron chi connectivity index (χ2n) is 4.02. The zero-order valence-corrected chi connectivity index (χ0v) is 11.8. The number of sulfonamides is 1. The maximum atomic E-state index is 12.2. The molecule has 0 bridgehead atoms. The zero-order valence-electron chi connectivity index (χ0n) is 10.3. The van der Waals surface area contributed by atoms with Crippen LogP contribution >= 0.6 is 11.6 Å². The highest BCUT2D eigenvalue weighted by Gasteiger charge is 2.21. The van der Waals surface area contributed by atoms with Crippen LogP contribution < -0.4 is 4.72 Å². The lowest BCUT2D eigenvalue weighted by molar-refractivity contribution is 0.477. The minimum absolute atomic E-state index is 0.0238. The van der Waals surface area contributed by atoms with Crippen LogP contribution in [0, 0.1) is 6.92 Å². The highest BCUT2D eigenvalue weighted by molar-refractivity contribution is 7.92. The van der Waals surface area contributed by atoms with Crippen LogP contribution in [0.1, 0.15) is 5.69 Å². The second-order valence-corrected chi connectivity index (χ2v) is 6.11. The summed E-state index contributed by atoms with van der Waals surface area (Å²) in [6.07, 6.45) is 1.39. The molecular weight excluding hydrogens is 290 g/mol. The number of rotatable bonds is 3. The van der Waals surface area contributed by atoms with E-state index >= 15 is 0 Å². The topological polar surface area (TPSA) is 84.2 Å². The number of benzene rings is 1. The molecule has 0 amide bonds.